The quantitative estimate of drug-likeness (QED) is 0.531. The molecule has 9 heteroatoms. The van der Waals surface area contributed by atoms with Crippen molar-refractivity contribution in [3.63, 3.8) is 0 Å². The first kappa shape index (κ1) is 21.6. The van der Waals surface area contributed by atoms with E-state index < -0.39 is 11.7 Å². The number of anilines is 2. The fourth-order valence-electron chi connectivity index (χ4n) is 2.70. The van der Waals surface area contributed by atoms with Crippen LogP contribution in [0.15, 0.2) is 42.5 Å². The van der Waals surface area contributed by atoms with Gasteiger partial charge in [0.05, 0.1) is 40.4 Å². The number of amides is 2. The van der Waals surface area contributed by atoms with Crippen LogP contribution < -0.4 is 20.1 Å². The third-order valence-electron chi connectivity index (χ3n) is 4.19. The smallest absolute Gasteiger partial charge is 0.266 e. The zero-order chi connectivity index (χ0) is 21.8. The normalized spacial score (nSPS) is 10.4. The average molecular weight is 449 g/mol. The van der Waals surface area contributed by atoms with E-state index in [1.165, 1.54) is 20.3 Å². The number of rotatable bonds is 6. The lowest BCUT2D eigenvalue weighted by Crippen LogP contribution is -2.12. The molecule has 2 aromatic carbocycles. The Bertz CT molecular complexity index is 1120. The highest BCUT2D eigenvalue weighted by molar-refractivity contribution is 7.18. The number of carbonyl (C=O) groups excluding carboxylic acids is 2. The molecule has 0 saturated heterocycles. The van der Waals surface area contributed by atoms with Crippen LogP contribution in [0.25, 0.3) is 0 Å². The molecule has 2 N–H and O–H groups in total. The van der Waals surface area contributed by atoms with E-state index in [1.54, 1.807) is 31.2 Å². The van der Waals surface area contributed by atoms with Gasteiger partial charge in [-0.2, -0.15) is 0 Å². The maximum absolute atomic E-state index is 13.2. The Labute approximate surface area is 181 Å². The van der Waals surface area contributed by atoms with Gasteiger partial charge >= 0.3 is 0 Å². The molecule has 1 aromatic heterocycles. The molecule has 0 spiro atoms. The van der Waals surface area contributed by atoms with Crippen molar-refractivity contribution in [2.75, 3.05) is 24.9 Å². The summed E-state index contributed by atoms with van der Waals surface area (Å²) < 4.78 is 23.6. The summed E-state index contributed by atoms with van der Waals surface area (Å²) in [7, 11) is 3.03. The Morgan fingerprint density at radius 2 is 1.77 bits per heavy atom. The number of carbonyl (C=O) groups is 2. The van der Waals surface area contributed by atoms with Gasteiger partial charge in [-0.1, -0.05) is 11.6 Å². The number of nitrogens with one attached hydrogen (secondary N) is 2. The highest BCUT2D eigenvalue weighted by atomic mass is 35.5. The third-order valence-corrected chi connectivity index (χ3v) is 5.66. The first-order valence-electron chi connectivity index (χ1n) is 8.72. The second-order valence-corrected chi connectivity index (χ2v) is 7.68. The first-order chi connectivity index (χ1) is 14.3. The molecule has 156 valence electrons. The van der Waals surface area contributed by atoms with Gasteiger partial charge in [-0.15, -0.1) is 11.3 Å². The molecule has 6 nitrogen and oxygen atoms in total. The molecule has 30 heavy (non-hydrogen) atoms. The number of halogens is 2. The van der Waals surface area contributed by atoms with Crippen LogP contribution in [0, 0.1) is 12.7 Å². The number of benzene rings is 2. The Hall–Kier alpha value is -3.10. The van der Waals surface area contributed by atoms with Crippen LogP contribution in [0.4, 0.5) is 15.1 Å². The zero-order valence-corrected chi connectivity index (χ0v) is 17.9. The molecular formula is C21H18ClFN2O4S. The molecule has 0 aliphatic heterocycles. The molecule has 1 heterocycles. The van der Waals surface area contributed by atoms with Gasteiger partial charge in [0.25, 0.3) is 11.8 Å². The Kier molecular flexibility index (Phi) is 6.59. The lowest BCUT2D eigenvalue weighted by Gasteiger charge is -2.11. The second-order valence-electron chi connectivity index (χ2n) is 6.22. The van der Waals surface area contributed by atoms with Crippen LogP contribution in [-0.2, 0) is 0 Å². The summed E-state index contributed by atoms with van der Waals surface area (Å²) in [4.78, 5) is 25.6. The molecule has 2 amide bonds. The van der Waals surface area contributed by atoms with Crippen LogP contribution in [0.2, 0.25) is 5.02 Å². The maximum Gasteiger partial charge on any atom is 0.266 e. The van der Waals surface area contributed by atoms with Crippen molar-refractivity contribution in [1.29, 1.82) is 0 Å². The SMILES string of the molecule is COc1ccc(NC(=O)c2sc(NC(=O)c3ccc(F)cc3Cl)cc2C)c(OC)c1. The minimum atomic E-state index is -0.531. The predicted molar refractivity (Wildman–Crippen MR) is 116 cm³/mol. The highest BCUT2D eigenvalue weighted by Crippen LogP contribution is 2.32. The third kappa shape index (κ3) is 4.72. The Morgan fingerprint density at radius 3 is 2.43 bits per heavy atom. The van der Waals surface area contributed by atoms with E-state index in [1.807, 2.05) is 0 Å². The van der Waals surface area contributed by atoms with E-state index in [4.69, 9.17) is 21.1 Å². The van der Waals surface area contributed by atoms with Crippen molar-refractivity contribution in [2.45, 2.75) is 6.92 Å². The van der Waals surface area contributed by atoms with Crippen molar-refractivity contribution in [1.82, 2.24) is 0 Å². The molecule has 0 saturated carbocycles. The summed E-state index contributed by atoms with van der Waals surface area (Å²) >= 11 is 7.05. The van der Waals surface area contributed by atoms with Gasteiger partial charge in [0, 0.05) is 6.07 Å². The molecule has 0 fully saturated rings. The van der Waals surface area contributed by atoms with Crippen LogP contribution in [0.5, 0.6) is 11.5 Å². The molecule has 0 radical (unpaired) electrons. The van der Waals surface area contributed by atoms with Gasteiger partial charge in [0.1, 0.15) is 17.3 Å². The van der Waals surface area contributed by atoms with E-state index in [9.17, 15) is 14.0 Å². The predicted octanol–water partition coefficient (Wildman–Crippen LogP) is 5.37. The lowest BCUT2D eigenvalue weighted by molar-refractivity contribution is 0.102. The first-order valence-corrected chi connectivity index (χ1v) is 9.92. The lowest BCUT2D eigenvalue weighted by atomic mass is 10.2. The van der Waals surface area contributed by atoms with E-state index in [0.717, 1.165) is 23.5 Å². The topological polar surface area (TPSA) is 76.7 Å². The number of thiophene rings is 1. The van der Waals surface area contributed by atoms with Gasteiger partial charge in [0.2, 0.25) is 0 Å². The summed E-state index contributed by atoms with van der Waals surface area (Å²) in [5, 5.41) is 5.95. The van der Waals surface area contributed by atoms with Crippen LogP contribution in [0.1, 0.15) is 25.6 Å². The van der Waals surface area contributed by atoms with E-state index in [2.05, 4.69) is 10.6 Å². The van der Waals surface area contributed by atoms with E-state index >= 15 is 0 Å². The summed E-state index contributed by atoms with van der Waals surface area (Å²) in [6.45, 7) is 1.76. The number of hydrogen-bond donors (Lipinski definition) is 2. The van der Waals surface area contributed by atoms with Gasteiger partial charge in [-0.3, -0.25) is 9.59 Å². The maximum atomic E-state index is 13.2. The van der Waals surface area contributed by atoms with E-state index in [0.29, 0.717) is 32.6 Å². The van der Waals surface area contributed by atoms with Gasteiger partial charge in [-0.25, -0.2) is 4.39 Å². The number of methoxy groups -OCH3 is 2. The average Bonchev–Trinajstić information content (AvgIpc) is 3.08. The summed E-state index contributed by atoms with van der Waals surface area (Å²) in [5.74, 6) is -0.319. The van der Waals surface area contributed by atoms with Crippen molar-refractivity contribution < 1.29 is 23.5 Å². The van der Waals surface area contributed by atoms with Crippen molar-refractivity contribution in [2.24, 2.45) is 0 Å². The molecule has 0 aliphatic carbocycles. The zero-order valence-electron chi connectivity index (χ0n) is 16.3. The fraction of sp³-hybridized carbons (Fsp3) is 0.143. The van der Waals surface area contributed by atoms with Crippen LogP contribution in [0.3, 0.4) is 0 Å². The number of aryl methyl sites for hydroxylation is 1. The van der Waals surface area contributed by atoms with Crippen LogP contribution in [-0.4, -0.2) is 26.0 Å². The van der Waals surface area contributed by atoms with Crippen molar-refractivity contribution in [3.8, 4) is 11.5 Å². The molecular weight excluding hydrogens is 431 g/mol. The molecule has 3 rings (SSSR count). The summed E-state index contributed by atoms with van der Waals surface area (Å²) in [5.41, 5.74) is 1.31. The summed E-state index contributed by atoms with van der Waals surface area (Å²) in [6.07, 6.45) is 0. The Morgan fingerprint density at radius 1 is 1.00 bits per heavy atom. The molecule has 3 aromatic rings. The molecule has 0 atom stereocenters. The monoisotopic (exact) mass is 448 g/mol. The molecule has 0 aliphatic rings. The minimum absolute atomic E-state index is 0.00495. The Balaban J connectivity index is 1.77. The standard InChI is InChI=1S/C21H18ClFN2O4S/c1-11-8-18(25-20(26)14-6-4-12(23)9-15(14)22)30-19(11)21(27)24-16-7-5-13(28-2)10-17(16)29-3/h4-10H,1-3H3,(H,24,27)(H,25,26). The second kappa shape index (κ2) is 9.15. The van der Waals surface area contributed by atoms with Crippen molar-refractivity contribution in [3.05, 3.63) is 69.3 Å². The highest BCUT2D eigenvalue weighted by Gasteiger charge is 2.18. The molecule has 0 bridgehead atoms. The van der Waals surface area contributed by atoms with Gasteiger partial charge in [-0.05, 0) is 48.9 Å². The van der Waals surface area contributed by atoms with E-state index in [-0.39, 0.29) is 16.5 Å². The van der Waals surface area contributed by atoms with Gasteiger partial charge < -0.3 is 20.1 Å². The summed E-state index contributed by atoms with van der Waals surface area (Å²) in [6, 6.07) is 10.3. The van der Waals surface area contributed by atoms with Crippen molar-refractivity contribution >= 4 is 45.4 Å². The van der Waals surface area contributed by atoms with Crippen LogP contribution >= 0.6 is 22.9 Å². The number of ether oxygens (including phenoxy) is 2. The number of hydrogen-bond acceptors (Lipinski definition) is 5. The molecule has 0 unspecified atom stereocenters. The van der Waals surface area contributed by atoms with Gasteiger partial charge in [0.15, 0.2) is 0 Å². The largest absolute Gasteiger partial charge is 0.497 e. The fourth-order valence-corrected chi connectivity index (χ4v) is 3.92. The minimum Gasteiger partial charge on any atom is -0.497 e.